The van der Waals surface area contributed by atoms with Gasteiger partial charge in [-0.3, -0.25) is 4.90 Å². The Balaban J connectivity index is 1.18. The first-order chi connectivity index (χ1) is 13.3. The number of piperazine rings is 1. The second kappa shape index (κ2) is 8.70. The molecule has 1 aromatic heterocycles. The Hall–Kier alpha value is -2.14. The van der Waals surface area contributed by atoms with E-state index in [1.54, 1.807) is 6.26 Å². The highest BCUT2D eigenvalue weighted by molar-refractivity contribution is 5.77. The zero-order chi connectivity index (χ0) is 18.5. The summed E-state index contributed by atoms with van der Waals surface area (Å²) in [6, 6.07) is 18.6. The summed E-state index contributed by atoms with van der Waals surface area (Å²) in [5, 5.41) is 11.6. The first kappa shape index (κ1) is 18.2. The molecule has 0 saturated carbocycles. The molecule has 4 heteroatoms. The molecule has 3 aromatic rings. The van der Waals surface area contributed by atoms with Gasteiger partial charge in [-0.2, -0.15) is 0 Å². The summed E-state index contributed by atoms with van der Waals surface area (Å²) in [6.07, 6.45) is 3.11. The topological polar surface area (TPSA) is 39.9 Å². The van der Waals surface area contributed by atoms with Gasteiger partial charge in [0.1, 0.15) is 5.58 Å². The number of fused-ring (bicyclic) bond motifs is 1. The largest absolute Gasteiger partial charge is 0.464 e. The molecule has 1 saturated heterocycles. The Morgan fingerprint density at radius 3 is 2.52 bits per heavy atom. The zero-order valence-electron chi connectivity index (χ0n) is 15.8. The second-order valence-electron chi connectivity index (χ2n) is 7.48. The van der Waals surface area contributed by atoms with E-state index in [0.717, 1.165) is 68.6 Å². The summed E-state index contributed by atoms with van der Waals surface area (Å²) in [5.41, 5.74) is 3.25. The number of hydrogen-bond donors (Lipinski definition) is 1. The number of rotatable bonds is 7. The maximum atomic E-state index is 10.5. The number of nitrogens with zero attached hydrogens (tertiary/aromatic N) is 2. The molecule has 4 nitrogen and oxygen atoms in total. The van der Waals surface area contributed by atoms with E-state index in [0.29, 0.717) is 0 Å². The highest BCUT2D eigenvalue weighted by atomic mass is 16.3. The Labute approximate surface area is 161 Å². The molecule has 1 fully saturated rings. The van der Waals surface area contributed by atoms with Gasteiger partial charge in [0.25, 0.3) is 0 Å². The lowest BCUT2D eigenvalue weighted by Gasteiger charge is -2.34. The summed E-state index contributed by atoms with van der Waals surface area (Å²) < 4.78 is 5.37. The minimum absolute atomic E-state index is 0.399. The average molecular weight is 364 g/mol. The normalized spacial score (nSPS) is 17.4. The van der Waals surface area contributed by atoms with Gasteiger partial charge in [0, 0.05) is 38.1 Å². The zero-order valence-corrected chi connectivity index (χ0v) is 15.8. The van der Waals surface area contributed by atoms with Crippen LogP contribution in [0.1, 0.15) is 30.1 Å². The van der Waals surface area contributed by atoms with Crippen LogP contribution in [0.2, 0.25) is 0 Å². The van der Waals surface area contributed by atoms with Crippen LogP contribution in [0, 0.1) is 0 Å². The molecule has 142 valence electrons. The van der Waals surface area contributed by atoms with Gasteiger partial charge in [0.05, 0.1) is 12.4 Å². The highest BCUT2D eigenvalue weighted by Crippen LogP contribution is 2.24. The first-order valence-electron chi connectivity index (χ1n) is 9.92. The average Bonchev–Trinajstić information content (AvgIpc) is 3.18. The number of hydrogen-bond acceptors (Lipinski definition) is 4. The molecule has 1 aliphatic heterocycles. The number of furan rings is 1. The van der Waals surface area contributed by atoms with Crippen molar-refractivity contribution in [2.75, 3.05) is 32.7 Å². The van der Waals surface area contributed by atoms with Gasteiger partial charge in [0.2, 0.25) is 0 Å². The molecule has 0 amide bonds. The molecule has 0 bridgehead atoms. The SMILES string of the molecule is OC(CCCN1CCN(Cc2ccccc2)CC1)c1ccc2occc2c1. The van der Waals surface area contributed by atoms with Crippen LogP contribution < -0.4 is 0 Å². The van der Waals surface area contributed by atoms with Gasteiger partial charge in [-0.25, -0.2) is 0 Å². The van der Waals surface area contributed by atoms with Gasteiger partial charge in [-0.15, -0.1) is 0 Å². The first-order valence-corrected chi connectivity index (χ1v) is 9.92. The Bertz CT molecular complexity index is 838. The molecule has 1 N–H and O–H groups in total. The van der Waals surface area contributed by atoms with Crippen molar-refractivity contribution < 1.29 is 9.52 Å². The van der Waals surface area contributed by atoms with E-state index in [4.69, 9.17) is 4.42 Å². The van der Waals surface area contributed by atoms with Crippen molar-refractivity contribution in [2.24, 2.45) is 0 Å². The van der Waals surface area contributed by atoms with Crippen molar-refractivity contribution in [3.63, 3.8) is 0 Å². The lowest BCUT2D eigenvalue weighted by molar-refractivity contribution is 0.114. The summed E-state index contributed by atoms with van der Waals surface area (Å²) in [6.45, 7) is 6.57. The van der Waals surface area contributed by atoms with Gasteiger partial charge >= 0.3 is 0 Å². The smallest absolute Gasteiger partial charge is 0.133 e. The lowest BCUT2D eigenvalue weighted by Crippen LogP contribution is -2.46. The fourth-order valence-electron chi connectivity index (χ4n) is 3.88. The molecule has 1 aliphatic rings. The quantitative estimate of drug-likeness (QED) is 0.686. The summed E-state index contributed by atoms with van der Waals surface area (Å²) in [4.78, 5) is 5.05. The van der Waals surface area contributed by atoms with Crippen LogP contribution in [0.15, 0.2) is 65.3 Å². The minimum Gasteiger partial charge on any atom is -0.464 e. The Morgan fingerprint density at radius 1 is 0.926 bits per heavy atom. The summed E-state index contributed by atoms with van der Waals surface area (Å²) >= 11 is 0. The number of aliphatic hydroxyl groups excluding tert-OH is 1. The third-order valence-electron chi connectivity index (χ3n) is 5.53. The summed E-state index contributed by atoms with van der Waals surface area (Å²) in [7, 11) is 0. The van der Waals surface area contributed by atoms with Gasteiger partial charge in [-0.1, -0.05) is 36.4 Å². The van der Waals surface area contributed by atoms with Crippen molar-refractivity contribution in [1.82, 2.24) is 9.80 Å². The van der Waals surface area contributed by atoms with E-state index in [-0.39, 0.29) is 0 Å². The van der Waals surface area contributed by atoms with E-state index >= 15 is 0 Å². The van der Waals surface area contributed by atoms with Crippen LogP contribution in [-0.2, 0) is 6.54 Å². The molecule has 0 aliphatic carbocycles. The van der Waals surface area contributed by atoms with E-state index < -0.39 is 6.10 Å². The van der Waals surface area contributed by atoms with Gasteiger partial charge < -0.3 is 14.4 Å². The molecule has 4 rings (SSSR count). The third-order valence-corrected chi connectivity index (χ3v) is 5.53. The minimum atomic E-state index is -0.399. The van der Waals surface area contributed by atoms with Crippen LogP contribution in [0.5, 0.6) is 0 Å². The van der Waals surface area contributed by atoms with Crippen molar-refractivity contribution in [2.45, 2.75) is 25.5 Å². The van der Waals surface area contributed by atoms with E-state index in [9.17, 15) is 5.11 Å². The molecular weight excluding hydrogens is 336 g/mol. The van der Waals surface area contributed by atoms with Crippen LogP contribution in [0.3, 0.4) is 0 Å². The molecule has 2 aromatic carbocycles. The maximum absolute atomic E-state index is 10.5. The third kappa shape index (κ3) is 4.78. The monoisotopic (exact) mass is 364 g/mol. The fraction of sp³-hybridized carbons (Fsp3) is 0.391. The van der Waals surface area contributed by atoms with E-state index in [1.807, 2.05) is 24.3 Å². The maximum Gasteiger partial charge on any atom is 0.133 e. The van der Waals surface area contributed by atoms with E-state index in [1.165, 1.54) is 5.56 Å². The van der Waals surface area contributed by atoms with Crippen LogP contribution in [0.4, 0.5) is 0 Å². The molecule has 0 spiro atoms. The molecular formula is C23H28N2O2. The van der Waals surface area contributed by atoms with Crippen LogP contribution in [-0.4, -0.2) is 47.6 Å². The van der Waals surface area contributed by atoms with E-state index in [2.05, 4.69) is 40.1 Å². The highest BCUT2D eigenvalue weighted by Gasteiger charge is 2.17. The predicted molar refractivity (Wildman–Crippen MR) is 109 cm³/mol. The van der Waals surface area contributed by atoms with Crippen LogP contribution >= 0.6 is 0 Å². The van der Waals surface area contributed by atoms with Gasteiger partial charge in [-0.05, 0) is 48.7 Å². The number of aliphatic hydroxyl groups is 1. The molecule has 2 heterocycles. The Morgan fingerprint density at radius 2 is 1.70 bits per heavy atom. The number of benzene rings is 2. The lowest BCUT2D eigenvalue weighted by atomic mass is 10.0. The standard InChI is InChI=1S/C23H28N2O2/c26-22(20-8-9-23-21(17-20)10-16-27-23)7-4-11-24-12-14-25(15-13-24)18-19-5-2-1-3-6-19/h1-3,5-6,8-10,16-17,22,26H,4,7,11-15,18H2. The van der Waals surface area contributed by atoms with Crippen LogP contribution in [0.25, 0.3) is 11.0 Å². The van der Waals surface area contributed by atoms with Crippen molar-refractivity contribution in [1.29, 1.82) is 0 Å². The molecule has 1 unspecified atom stereocenters. The van der Waals surface area contributed by atoms with Gasteiger partial charge in [0.15, 0.2) is 0 Å². The van der Waals surface area contributed by atoms with Crippen molar-refractivity contribution in [3.8, 4) is 0 Å². The fourth-order valence-corrected chi connectivity index (χ4v) is 3.88. The Kier molecular flexibility index (Phi) is 5.87. The second-order valence-corrected chi connectivity index (χ2v) is 7.48. The predicted octanol–water partition coefficient (Wildman–Crippen LogP) is 4.06. The summed E-state index contributed by atoms with van der Waals surface area (Å²) in [5.74, 6) is 0. The van der Waals surface area contributed by atoms with Crippen molar-refractivity contribution in [3.05, 3.63) is 72.0 Å². The van der Waals surface area contributed by atoms with Crippen molar-refractivity contribution >= 4 is 11.0 Å². The molecule has 1 atom stereocenters. The molecule has 0 radical (unpaired) electrons. The molecule has 27 heavy (non-hydrogen) atoms.